The summed E-state index contributed by atoms with van der Waals surface area (Å²) in [6.45, 7) is 3.55. The van der Waals surface area contributed by atoms with Gasteiger partial charge in [0, 0.05) is 37.5 Å². The molecule has 1 saturated heterocycles. The number of fused-ring (bicyclic) bond motifs is 1. The van der Waals surface area contributed by atoms with Gasteiger partial charge in [0.05, 0.1) is 47.9 Å². The maximum Gasteiger partial charge on any atom is 0.226 e. The van der Waals surface area contributed by atoms with Crippen molar-refractivity contribution in [3.63, 3.8) is 0 Å². The maximum atomic E-state index is 12.5. The van der Waals surface area contributed by atoms with Crippen LogP contribution in [0.5, 0.6) is 0 Å². The largest absolute Gasteiger partial charge is 0.378 e. The van der Waals surface area contributed by atoms with Crippen LogP contribution in [-0.2, 0) is 16.0 Å². The Morgan fingerprint density at radius 1 is 1.29 bits per heavy atom. The maximum absolute atomic E-state index is 12.5. The number of amides is 1. The van der Waals surface area contributed by atoms with E-state index < -0.39 is 0 Å². The molecule has 8 nitrogen and oxygen atoms in total. The van der Waals surface area contributed by atoms with Gasteiger partial charge in [-0.1, -0.05) is 0 Å². The number of aromatic nitrogens is 4. The molecule has 0 aromatic carbocycles. The van der Waals surface area contributed by atoms with Crippen molar-refractivity contribution in [3.05, 3.63) is 48.2 Å². The molecular weight excluding hydrogens is 356 g/mol. The molecule has 1 aliphatic heterocycles. The van der Waals surface area contributed by atoms with Crippen molar-refractivity contribution >= 4 is 16.8 Å². The number of likely N-dealkylation sites (N-methyl/N-ethyl adjacent to an activating group) is 1. The van der Waals surface area contributed by atoms with Crippen LogP contribution < -0.4 is 5.32 Å². The highest BCUT2D eigenvalue weighted by Crippen LogP contribution is 2.19. The van der Waals surface area contributed by atoms with Gasteiger partial charge in [-0.3, -0.25) is 14.8 Å². The number of pyridine rings is 2. The predicted octanol–water partition coefficient (Wildman–Crippen LogP) is 1.11. The summed E-state index contributed by atoms with van der Waals surface area (Å²) in [6, 6.07) is 5.80. The molecule has 146 valence electrons. The summed E-state index contributed by atoms with van der Waals surface area (Å²) in [5, 5.41) is 8.48. The zero-order chi connectivity index (χ0) is 19.7. The Bertz CT molecular complexity index is 1000. The lowest BCUT2D eigenvalue weighted by atomic mass is 10.2. The van der Waals surface area contributed by atoms with Gasteiger partial charge in [0.25, 0.3) is 0 Å². The van der Waals surface area contributed by atoms with Crippen molar-refractivity contribution in [3.8, 4) is 5.69 Å². The number of hydrogen-bond donors (Lipinski definition) is 1. The van der Waals surface area contributed by atoms with Crippen LogP contribution in [-0.4, -0.2) is 69.9 Å². The minimum absolute atomic E-state index is 0.00362. The predicted molar refractivity (Wildman–Crippen MR) is 105 cm³/mol. The van der Waals surface area contributed by atoms with Crippen molar-refractivity contribution in [2.24, 2.45) is 0 Å². The van der Waals surface area contributed by atoms with Crippen LogP contribution in [0.2, 0.25) is 0 Å². The number of rotatable bonds is 5. The Hall–Kier alpha value is -2.84. The average Bonchev–Trinajstić information content (AvgIpc) is 3.24. The monoisotopic (exact) mass is 380 g/mol. The molecule has 0 radical (unpaired) electrons. The summed E-state index contributed by atoms with van der Waals surface area (Å²) in [4.78, 5) is 23.3. The minimum atomic E-state index is -0.0497. The first-order valence-corrected chi connectivity index (χ1v) is 9.30. The van der Waals surface area contributed by atoms with E-state index in [4.69, 9.17) is 4.74 Å². The smallest absolute Gasteiger partial charge is 0.226 e. The van der Waals surface area contributed by atoms with E-state index in [1.807, 2.05) is 36.9 Å². The fraction of sp³-hybridized carbons (Fsp3) is 0.400. The van der Waals surface area contributed by atoms with Gasteiger partial charge in [-0.25, -0.2) is 4.68 Å². The van der Waals surface area contributed by atoms with Crippen LogP contribution in [0.25, 0.3) is 16.6 Å². The quantitative estimate of drug-likeness (QED) is 0.714. The zero-order valence-corrected chi connectivity index (χ0v) is 16.3. The van der Waals surface area contributed by atoms with Gasteiger partial charge in [0.15, 0.2) is 0 Å². The number of carbonyl (C=O) groups is 1. The average molecular weight is 380 g/mol. The van der Waals surface area contributed by atoms with Crippen LogP contribution in [0.15, 0.2) is 36.8 Å². The summed E-state index contributed by atoms with van der Waals surface area (Å²) in [6.07, 6.45) is 5.57. The van der Waals surface area contributed by atoms with Crippen molar-refractivity contribution in [2.45, 2.75) is 25.5 Å². The molecule has 0 unspecified atom stereocenters. The Labute approximate surface area is 163 Å². The summed E-state index contributed by atoms with van der Waals surface area (Å²) in [5.74, 6) is -0.0497. The van der Waals surface area contributed by atoms with Crippen LogP contribution in [0, 0.1) is 6.92 Å². The Morgan fingerprint density at radius 2 is 2.14 bits per heavy atom. The molecule has 3 aromatic heterocycles. The van der Waals surface area contributed by atoms with Crippen molar-refractivity contribution in [1.82, 2.24) is 30.0 Å². The molecule has 3 aromatic rings. The SMILES string of the molecule is CO[C@@H]1CN(C)C[C@H]1NC(=O)Cc1cc2cnn(-c3ccnc(C)c3)c2cn1. The fourth-order valence-corrected chi connectivity index (χ4v) is 3.70. The molecule has 4 rings (SSSR count). The third kappa shape index (κ3) is 3.74. The number of carbonyl (C=O) groups excluding carboxylic acids is 1. The zero-order valence-electron chi connectivity index (χ0n) is 16.3. The van der Waals surface area contributed by atoms with Crippen molar-refractivity contribution in [2.75, 3.05) is 27.2 Å². The van der Waals surface area contributed by atoms with E-state index in [1.165, 1.54) is 0 Å². The number of hydrogen-bond acceptors (Lipinski definition) is 6. The standard InChI is InChI=1S/C20H24N6O2/c1-13-6-16(4-5-21-13)26-18-10-22-15(7-14(18)9-23-26)8-20(27)24-17-11-25(2)12-19(17)28-3/h4-7,9-10,17,19H,8,11-12H2,1-3H3,(H,24,27)/t17-,19-/m1/s1. The normalized spacial score (nSPS) is 20.0. The molecule has 28 heavy (non-hydrogen) atoms. The van der Waals surface area contributed by atoms with Crippen molar-refractivity contribution in [1.29, 1.82) is 0 Å². The number of methoxy groups -OCH3 is 1. The molecule has 1 amide bonds. The molecule has 0 saturated carbocycles. The third-order valence-corrected chi connectivity index (χ3v) is 5.08. The molecule has 0 spiro atoms. The highest BCUT2D eigenvalue weighted by atomic mass is 16.5. The number of ether oxygens (including phenoxy) is 1. The van der Waals surface area contributed by atoms with E-state index in [1.54, 1.807) is 25.7 Å². The summed E-state index contributed by atoms with van der Waals surface area (Å²) in [5.41, 5.74) is 3.47. The van der Waals surface area contributed by atoms with Crippen LogP contribution in [0.3, 0.4) is 0 Å². The Balaban J connectivity index is 1.49. The summed E-state index contributed by atoms with van der Waals surface area (Å²) in [7, 11) is 3.70. The van der Waals surface area contributed by atoms with E-state index in [0.29, 0.717) is 0 Å². The highest BCUT2D eigenvalue weighted by molar-refractivity contribution is 5.83. The number of nitrogens with zero attached hydrogens (tertiary/aromatic N) is 5. The lowest BCUT2D eigenvalue weighted by Gasteiger charge is -2.18. The van der Waals surface area contributed by atoms with Gasteiger partial charge in [-0.15, -0.1) is 0 Å². The summed E-state index contributed by atoms with van der Waals surface area (Å²) >= 11 is 0. The first-order valence-electron chi connectivity index (χ1n) is 9.30. The summed E-state index contributed by atoms with van der Waals surface area (Å²) < 4.78 is 7.30. The van der Waals surface area contributed by atoms with Gasteiger partial charge < -0.3 is 15.0 Å². The van der Waals surface area contributed by atoms with Crippen LogP contribution in [0.1, 0.15) is 11.4 Å². The lowest BCUT2D eigenvalue weighted by Crippen LogP contribution is -2.44. The van der Waals surface area contributed by atoms with Crippen molar-refractivity contribution < 1.29 is 9.53 Å². The molecular formula is C20H24N6O2. The molecule has 0 bridgehead atoms. The second-order valence-corrected chi connectivity index (χ2v) is 7.29. The van der Waals surface area contributed by atoms with Gasteiger partial charge in [0.2, 0.25) is 5.91 Å². The topological polar surface area (TPSA) is 85.2 Å². The van der Waals surface area contributed by atoms with Gasteiger partial charge >= 0.3 is 0 Å². The van der Waals surface area contributed by atoms with Crippen LogP contribution in [0.4, 0.5) is 0 Å². The van der Waals surface area contributed by atoms with Gasteiger partial charge in [0.1, 0.15) is 0 Å². The lowest BCUT2D eigenvalue weighted by molar-refractivity contribution is -0.121. The van der Waals surface area contributed by atoms with E-state index in [2.05, 4.69) is 25.3 Å². The highest BCUT2D eigenvalue weighted by Gasteiger charge is 2.31. The van der Waals surface area contributed by atoms with E-state index in [9.17, 15) is 4.79 Å². The van der Waals surface area contributed by atoms with Crippen LogP contribution >= 0.6 is 0 Å². The van der Waals surface area contributed by atoms with E-state index >= 15 is 0 Å². The number of nitrogens with one attached hydrogen (secondary N) is 1. The number of aryl methyl sites for hydroxylation is 1. The van der Waals surface area contributed by atoms with E-state index in [0.717, 1.165) is 41.1 Å². The molecule has 0 aliphatic carbocycles. The second kappa shape index (κ2) is 7.65. The fourth-order valence-electron chi connectivity index (χ4n) is 3.70. The number of likely N-dealkylation sites (tertiary alicyclic amines) is 1. The second-order valence-electron chi connectivity index (χ2n) is 7.29. The van der Waals surface area contributed by atoms with Gasteiger partial charge in [-0.2, -0.15) is 5.10 Å². The Kier molecular flexibility index (Phi) is 5.06. The molecule has 2 atom stereocenters. The molecule has 1 fully saturated rings. The first kappa shape index (κ1) is 18.5. The molecule has 8 heteroatoms. The minimum Gasteiger partial charge on any atom is -0.378 e. The third-order valence-electron chi connectivity index (χ3n) is 5.08. The van der Waals surface area contributed by atoms with E-state index in [-0.39, 0.29) is 24.5 Å². The molecule has 4 heterocycles. The molecule has 1 aliphatic rings. The first-order chi connectivity index (χ1) is 13.5. The van der Waals surface area contributed by atoms with Gasteiger partial charge in [-0.05, 0) is 32.2 Å². The Morgan fingerprint density at radius 3 is 2.93 bits per heavy atom. The molecule has 1 N–H and O–H groups in total.